The summed E-state index contributed by atoms with van der Waals surface area (Å²) in [6.45, 7) is 3.87. The maximum atomic E-state index is 11.1. The Kier molecular flexibility index (Phi) is 10.3. The van der Waals surface area contributed by atoms with Crippen molar-refractivity contribution in [1.82, 2.24) is 5.32 Å². The summed E-state index contributed by atoms with van der Waals surface area (Å²) in [5.41, 5.74) is 0. The second-order valence-corrected chi connectivity index (χ2v) is 4.97. The van der Waals surface area contributed by atoms with Gasteiger partial charge in [0.15, 0.2) is 0 Å². The first-order chi connectivity index (χ1) is 6.31. The van der Waals surface area contributed by atoms with E-state index in [9.17, 15) is 4.79 Å². The Morgan fingerprint density at radius 1 is 1.54 bits per heavy atom. The lowest BCUT2D eigenvalue weighted by atomic mass is 10.4. The van der Waals surface area contributed by atoms with E-state index in [0.29, 0.717) is 19.6 Å². The predicted octanol–water partition coefficient (Wildman–Crippen LogP) is 1.54. The van der Waals surface area contributed by atoms with Crippen LogP contribution in [0, 0.1) is 0 Å². The molecule has 0 saturated heterocycles. The van der Waals surface area contributed by atoms with Crippen LogP contribution in [0.15, 0.2) is 0 Å². The predicted molar refractivity (Wildman–Crippen MR) is 60.1 cm³/mol. The smallest absolute Gasteiger partial charge is 0.222 e. The Hall–Kier alpha value is 0.130. The standard InChI is InChI=1S/C8H17NO2S2/c1-3-11-6-4-8(10)9-5-7-13-12-2/h3-7H2,1-2H3,(H,9,10). The molecule has 78 valence electrons. The molecule has 0 atom stereocenters. The molecule has 0 rings (SSSR count). The minimum Gasteiger partial charge on any atom is -0.381 e. The molecular weight excluding hydrogens is 206 g/mol. The number of rotatable bonds is 8. The Bertz CT molecular complexity index is 133. The minimum atomic E-state index is 0.0788. The van der Waals surface area contributed by atoms with Gasteiger partial charge < -0.3 is 10.1 Å². The minimum absolute atomic E-state index is 0.0788. The molecule has 0 aromatic rings. The Morgan fingerprint density at radius 3 is 2.92 bits per heavy atom. The fourth-order valence-corrected chi connectivity index (χ4v) is 1.82. The SMILES string of the molecule is CCOCCC(=O)NCCSSC. The van der Waals surface area contributed by atoms with Crippen LogP contribution in [0.4, 0.5) is 0 Å². The van der Waals surface area contributed by atoms with E-state index in [1.165, 1.54) is 0 Å². The molecule has 13 heavy (non-hydrogen) atoms. The first kappa shape index (κ1) is 13.1. The van der Waals surface area contributed by atoms with Gasteiger partial charge in [-0.3, -0.25) is 4.79 Å². The molecule has 0 fully saturated rings. The van der Waals surface area contributed by atoms with Gasteiger partial charge in [-0.1, -0.05) is 21.6 Å². The molecular formula is C8H17NO2S2. The summed E-state index contributed by atoms with van der Waals surface area (Å²) < 4.78 is 5.06. The van der Waals surface area contributed by atoms with E-state index >= 15 is 0 Å². The Labute approximate surface area is 87.8 Å². The van der Waals surface area contributed by atoms with Crippen molar-refractivity contribution in [3.63, 3.8) is 0 Å². The van der Waals surface area contributed by atoms with E-state index in [1.807, 2.05) is 13.2 Å². The lowest BCUT2D eigenvalue weighted by Crippen LogP contribution is -2.26. The normalized spacial score (nSPS) is 10.0. The highest BCUT2D eigenvalue weighted by atomic mass is 33.1. The van der Waals surface area contributed by atoms with Gasteiger partial charge in [-0.2, -0.15) is 0 Å². The highest BCUT2D eigenvalue weighted by Crippen LogP contribution is 2.14. The highest BCUT2D eigenvalue weighted by Gasteiger charge is 1.98. The zero-order chi connectivity index (χ0) is 9.94. The number of hydrogen-bond donors (Lipinski definition) is 1. The van der Waals surface area contributed by atoms with Crippen molar-refractivity contribution >= 4 is 27.5 Å². The van der Waals surface area contributed by atoms with Crippen molar-refractivity contribution in [1.29, 1.82) is 0 Å². The van der Waals surface area contributed by atoms with Crippen molar-refractivity contribution in [2.24, 2.45) is 0 Å². The van der Waals surface area contributed by atoms with Crippen LogP contribution in [0.25, 0.3) is 0 Å². The molecule has 0 bridgehead atoms. The van der Waals surface area contributed by atoms with Crippen LogP contribution in [-0.4, -0.2) is 37.7 Å². The number of ether oxygens (including phenoxy) is 1. The molecule has 0 unspecified atom stereocenters. The second-order valence-electron chi connectivity index (χ2n) is 2.29. The number of carbonyl (C=O) groups excluding carboxylic acids is 1. The summed E-state index contributed by atoms with van der Waals surface area (Å²) in [4.78, 5) is 11.1. The lowest BCUT2D eigenvalue weighted by molar-refractivity contribution is -0.122. The summed E-state index contributed by atoms with van der Waals surface area (Å²) in [5.74, 6) is 1.04. The third-order valence-electron chi connectivity index (χ3n) is 1.30. The van der Waals surface area contributed by atoms with E-state index in [-0.39, 0.29) is 5.91 Å². The number of hydrogen-bond acceptors (Lipinski definition) is 4. The molecule has 0 aromatic carbocycles. The summed E-state index contributed by atoms with van der Waals surface area (Å²) in [5, 5.41) is 2.82. The van der Waals surface area contributed by atoms with Gasteiger partial charge in [-0.05, 0) is 13.2 Å². The molecule has 3 nitrogen and oxygen atoms in total. The first-order valence-corrected chi connectivity index (χ1v) is 7.04. The molecule has 5 heteroatoms. The fraction of sp³-hybridized carbons (Fsp3) is 0.875. The number of carbonyl (C=O) groups is 1. The van der Waals surface area contributed by atoms with Crippen LogP contribution in [0.3, 0.4) is 0 Å². The van der Waals surface area contributed by atoms with Crippen molar-refractivity contribution in [3.05, 3.63) is 0 Å². The van der Waals surface area contributed by atoms with Crippen molar-refractivity contribution < 1.29 is 9.53 Å². The van der Waals surface area contributed by atoms with Gasteiger partial charge in [0, 0.05) is 25.3 Å². The highest BCUT2D eigenvalue weighted by molar-refractivity contribution is 8.76. The summed E-state index contributed by atoms with van der Waals surface area (Å²) >= 11 is 0. The molecule has 0 heterocycles. The topological polar surface area (TPSA) is 38.3 Å². The van der Waals surface area contributed by atoms with Gasteiger partial charge in [0.25, 0.3) is 0 Å². The molecule has 0 aliphatic rings. The van der Waals surface area contributed by atoms with Crippen LogP contribution in [0.5, 0.6) is 0 Å². The second kappa shape index (κ2) is 10.2. The number of amides is 1. The molecule has 0 radical (unpaired) electrons. The van der Waals surface area contributed by atoms with Crippen LogP contribution >= 0.6 is 21.6 Å². The van der Waals surface area contributed by atoms with Crippen molar-refractivity contribution in [2.75, 3.05) is 31.8 Å². The van der Waals surface area contributed by atoms with Gasteiger partial charge in [0.2, 0.25) is 5.91 Å². The molecule has 1 N–H and O–H groups in total. The van der Waals surface area contributed by atoms with E-state index in [1.54, 1.807) is 21.6 Å². The summed E-state index contributed by atoms with van der Waals surface area (Å²) in [6, 6.07) is 0. The van der Waals surface area contributed by atoms with Crippen LogP contribution < -0.4 is 5.32 Å². The fourth-order valence-electron chi connectivity index (χ4n) is 0.713. The van der Waals surface area contributed by atoms with Gasteiger partial charge >= 0.3 is 0 Å². The van der Waals surface area contributed by atoms with Gasteiger partial charge in [-0.25, -0.2) is 0 Å². The molecule has 0 aliphatic heterocycles. The summed E-state index contributed by atoms with van der Waals surface area (Å²) in [7, 11) is 3.46. The van der Waals surface area contributed by atoms with E-state index in [2.05, 4.69) is 5.32 Å². The van der Waals surface area contributed by atoms with E-state index < -0.39 is 0 Å². The Balaban J connectivity index is 3.11. The molecule has 0 aromatic heterocycles. The van der Waals surface area contributed by atoms with Crippen molar-refractivity contribution in [2.45, 2.75) is 13.3 Å². The third kappa shape index (κ3) is 10.0. The average molecular weight is 223 g/mol. The van der Waals surface area contributed by atoms with Crippen LogP contribution in [0.2, 0.25) is 0 Å². The Morgan fingerprint density at radius 2 is 2.31 bits per heavy atom. The van der Waals surface area contributed by atoms with Crippen molar-refractivity contribution in [3.8, 4) is 0 Å². The molecule has 0 aliphatic carbocycles. The quantitative estimate of drug-likeness (QED) is 0.500. The average Bonchev–Trinajstić information content (AvgIpc) is 2.13. The maximum Gasteiger partial charge on any atom is 0.222 e. The van der Waals surface area contributed by atoms with Gasteiger partial charge in [0.1, 0.15) is 0 Å². The molecule has 1 amide bonds. The van der Waals surface area contributed by atoms with Crippen LogP contribution in [0.1, 0.15) is 13.3 Å². The summed E-state index contributed by atoms with van der Waals surface area (Å²) in [6.07, 6.45) is 2.50. The lowest BCUT2D eigenvalue weighted by Gasteiger charge is -2.03. The van der Waals surface area contributed by atoms with Crippen LogP contribution in [-0.2, 0) is 9.53 Å². The monoisotopic (exact) mass is 223 g/mol. The zero-order valence-electron chi connectivity index (χ0n) is 8.17. The van der Waals surface area contributed by atoms with Gasteiger partial charge in [0.05, 0.1) is 6.61 Å². The molecule has 0 saturated carbocycles. The maximum absolute atomic E-state index is 11.1. The number of nitrogens with one attached hydrogen (secondary N) is 1. The third-order valence-corrected chi connectivity index (χ3v) is 3.12. The largest absolute Gasteiger partial charge is 0.381 e. The zero-order valence-corrected chi connectivity index (χ0v) is 9.80. The van der Waals surface area contributed by atoms with E-state index in [4.69, 9.17) is 4.74 Å². The van der Waals surface area contributed by atoms with Gasteiger partial charge in [-0.15, -0.1) is 0 Å². The van der Waals surface area contributed by atoms with E-state index in [0.717, 1.165) is 12.3 Å². The molecule has 0 spiro atoms. The first-order valence-electron chi connectivity index (χ1n) is 4.31.